The molecule has 5 aliphatic carbocycles. The van der Waals surface area contributed by atoms with Gasteiger partial charge < -0.3 is 43.4 Å². The first-order valence-electron chi connectivity index (χ1n) is 17.2. The van der Waals surface area contributed by atoms with Gasteiger partial charge in [0.15, 0.2) is 5.60 Å². The molecular formula is C36H49NO12. The number of aliphatic hydroxyl groups excluding tert-OH is 1. The van der Waals surface area contributed by atoms with Gasteiger partial charge in [0.1, 0.15) is 30.0 Å². The van der Waals surface area contributed by atoms with Crippen LogP contribution in [0.4, 0.5) is 0 Å². The van der Waals surface area contributed by atoms with Gasteiger partial charge in [0.2, 0.25) is 0 Å². The van der Waals surface area contributed by atoms with Crippen molar-refractivity contribution in [2.24, 2.45) is 34.5 Å². The fraction of sp³-hybridized carbons (Fsp3) is 0.750. The summed E-state index contributed by atoms with van der Waals surface area (Å²) in [6.45, 7) is 5.99. The number of hydrogen-bond acceptors (Lipinski definition) is 13. The van der Waals surface area contributed by atoms with Crippen molar-refractivity contribution in [2.75, 3.05) is 48.1 Å². The molecule has 1 heterocycles. The molecule has 1 saturated heterocycles. The maximum absolute atomic E-state index is 13.8. The van der Waals surface area contributed by atoms with Gasteiger partial charge in [-0.25, -0.2) is 4.79 Å². The largest absolute Gasteiger partial charge is 0.462 e. The van der Waals surface area contributed by atoms with Gasteiger partial charge in [0.25, 0.3) is 0 Å². The van der Waals surface area contributed by atoms with Gasteiger partial charge >= 0.3 is 17.9 Å². The first kappa shape index (κ1) is 34.8. The number of nitrogens with zero attached hydrogens (tertiary/aromatic N) is 1. The number of carbonyl (C=O) groups excluding carboxylic acids is 3. The highest BCUT2D eigenvalue weighted by molar-refractivity contribution is 5.89. The summed E-state index contributed by atoms with van der Waals surface area (Å²) >= 11 is 0. The van der Waals surface area contributed by atoms with Crippen LogP contribution in [0, 0.1) is 34.5 Å². The van der Waals surface area contributed by atoms with E-state index in [-0.39, 0.29) is 24.6 Å². The summed E-state index contributed by atoms with van der Waals surface area (Å²) in [5.74, 6) is -4.24. The summed E-state index contributed by atoms with van der Waals surface area (Å²) in [6.07, 6.45) is -5.45. The predicted octanol–water partition coefficient (Wildman–Crippen LogP) is 1.22. The van der Waals surface area contributed by atoms with Crippen LogP contribution < -0.4 is 0 Å². The second kappa shape index (κ2) is 12.0. The van der Waals surface area contributed by atoms with Gasteiger partial charge in [-0.3, -0.25) is 14.5 Å². The Hall–Kier alpha value is -2.65. The van der Waals surface area contributed by atoms with E-state index >= 15 is 0 Å². The Bertz CT molecular complexity index is 1480. The minimum Gasteiger partial charge on any atom is -0.462 e. The molecule has 1 aromatic rings. The average Bonchev–Trinajstić information content (AvgIpc) is 3.44. The standard InChI is InChI=1S/C36H49NO12/c1-8-37-16-33(17-43-4)22(47-18(2)38)14-23(44-5)35-21-15-34(42)30(48-32(41)20-12-10-9-11-13-20)24(21)36(49-19(3)39,29(40)31(34)46-7)25(28(35)37)26(45-6)27(33)35/h9-13,21-31,40,42H,8,14-17H2,1-7H3/t21-,22-,23+,24-,25+,26+,27-,28?,29+,30-,31+,33+,34+,35+,36-/m1/s1. The molecule has 13 heteroatoms. The SMILES string of the molecule is CCN1C[C@@]2(COC)[C@H]3[C@@H](OC)[C@H]4C1[C@]3([C@@H](OC)C[C@H]2OC(C)=O)[C@@H]1C[C@]2(O)[C@H](OC(=O)c3ccccc3)[C@@H]1[C@]4(OC(C)=O)[C@@H](O)[C@@H]2OC. The monoisotopic (exact) mass is 687 g/mol. The maximum atomic E-state index is 13.8. The van der Waals surface area contributed by atoms with Crippen LogP contribution in [-0.2, 0) is 42.7 Å². The Labute approximate surface area is 286 Å². The fourth-order valence-electron chi connectivity index (χ4n) is 12.7. The van der Waals surface area contributed by atoms with Crippen molar-refractivity contribution in [3.05, 3.63) is 35.9 Å². The molecule has 1 aliphatic heterocycles. The van der Waals surface area contributed by atoms with Gasteiger partial charge in [-0.2, -0.15) is 0 Å². The Morgan fingerprint density at radius 2 is 1.63 bits per heavy atom. The molecule has 15 atom stereocenters. The lowest BCUT2D eigenvalue weighted by molar-refractivity contribution is -0.322. The van der Waals surface area contributed by atoms with Crippen molar-refractivity contribution in [3.63, 3.8) is 0 Å². The zero-order chi connectivity index (χ0) is 35.3. The van der Waals surface area contributed by atoms with E-state index in [1.165, 1.54) is 21.0 Å². The third-order valence-electron chi connectivity index (χ3n) is 13.4. The Morgan fingerprint density at radius 1 is 0.918 bits per heavy atom. The first-order chi connectivity index (χ1) is 23.4. The number of fused-ring (bicyclic) bond motifs is 2. The number of piperidine rings is 1. The molecule has 2 N–H and O–H groups in total. The van der Waals surface area contributed by atoms with E-state index in [1.54, 1.807) is 51.7 Å². The van der Waals surface area contributed by atoms with Crippen LogP contribution in [0.5, 0.6) is 0 Å². The van der Waals surface area contributed by atoms with Gasteiger partial charge in [-0.15, -0.1) is 0 Å². The van der Waals surface area contributed by atoms with Crippen molar-refractivity contribution >= 4 is 17.9 Å². The van der Waals surface area contributed by atoms with Crippen LogP contribution in [0.15, 0.2) is 30.3 Å². The first-order valence-corrected chi connectivity index (χ1v) is 17.2. The Balaban J connectivity index is 1.53. The zero-order valence-corrected chi connectivity index (χ0v) is 29.2. The summed E-state index contributed by atoms with van der Waals surface area (Å²) in [6, 6.07) is 8.12. The molecule has 0 radical (unpaired) electrons. The van der Waals surface area contributed by atoms with Crippen molar-refractivity contribution in [1.82, 2.24) is 4.90 Å². The van der Waals surface area contributed by atoms with Crippen LogP contribution in [-0.4, -0.2) is 135 Å². The van der Waals surface area contributed by atoms with Gasteiger partial charge in [-0.05, 0) is 31.0 Å². The molecule has 270 valence electrons. The summed E-state index contributed by atoms with van der Waals surface area (Å²) in [7, 11) is 6.25. The molecule has 6 aliphatic rings. The number of ether oxygens (including phenoxy) is 7. The van der Waals surface area contributed by atoms with Crippen LogP contribution in [0.2, 0.25) is 0 Å². The van der Waals surface area contributed by atoms with Crippen molar-refractivity contribution in [3.8, 4) is 0 Å². The van der Waals surface area contributed by atoms with Crippen LogP contribution >= 0.6 is 0 Å². The number of methoxy groups -OCH3 is 4. The molecule has 1 spiro atoms. The molecule has 7 rings (SSSR count). The summed E-state index contributed by atoms with van der Waals surface area (Å²) in [4.78, 5) is 42.2. The number of aliphatic hydroxyl groups is 2. The number of carbonyl (C=O) groups is 3. The average molecular weight is 688 g/mol. The van der Waals surface area contributed by atoms with E-state index in [2.05, 4.69) is 4.90 Å². The topological polar surface area (TPSA) is 160 Å². The minimum absolute atomic E-state index is 0.0534. The number of likely N-dealkylation sites (tertiary alicyclic amines) is 1. The summed E-state index contributed by atoms with van der Waals surface area (Å²) < 4.78 is 43.9. The molecule has 5 saturated carbocycles. The van der Waals surface area contributed by atoms with E-state index in [9.17, 15) is 24.6 Å². The van der Waals surface area contributed by atoms with Crippen molar-refractivity contribution in [2.45, 2.75) is 87.5 Å². The molecule has 1 aromatic carbocycles. The van der Waals surface area contributed by atoms with E-state index in [4.69, 9.17) is 33.2 Å². The van der Waals surface area contributed by atoms with Gasteiger partial charge in [0.05, 0.1) is 24.4 Å². The molecule has 7 bridgehead atoms. The lowest BCUT2D eigenvalue weighted by Crippen LogP contribution is -2.81. The van der Waals surface area contributed by atoms with E-state index in [0.29, 0.717) is 19.5 Å². The third-order valence-corrected chi connectivity index (χ3v) is 13.4. The molecule has 49 heavy (non-hydrogen) atoms. The second-order valence-corrected chi connectivity index (χ2v) is 15.0. The maximum Gasteiger partial charge on any atom is 0.338 e. The highest BCUT2D eigenvalue weighted by atomic mass is 16.6. The quantitative estimate of drug-likeness (QED) is 0.267. The predicted molar refractivity (Wildman–Crippen MR) is 170 cm³/mol. The van der Waals surface area contributed by atoms with Crippen LogP contribution in [0.3, 0.4) is 0 Å². The van der Waals surface area contributed by atoms with Crippen LogP contribution in [0.1, 0.15) is 44.0 Å². The third kappa shape index (κ3) is 4.21. The normalized spacial score (nSPS) is 47.4. The molecule has 1 unspecified atom stereocenters. The second-order valence-electron chi connectivity index (χ2n) is 15.0. The molecule has 6 fully saturated rings. The Kier molecular flexibility index (Phi) is 8.49. The highest BCUT2D eigenvalue weighted by Crippen LogP contribution is 2.80. The Morgan fingerprint density at radius 3 is 2.20 bits per heavy atom. The van der Waals surface area contributed by atoms with Crippen molar-refractivity contribution < 1.29 is 57.8 Å². The lowest BCUT2D eigenvalue weighted by Gasteiger charge is -2.70. The lowest BCUT2D eigenvalue weighted by atomic mass is 9.42. The zero-order valence-electron chi connectivity index (χ0n) is 29.2. The smallest absolute Gasteiger partial charge is 0.338 e. The molecule has 13 nitrogen and oxygen atoms in total. The van der Waals surface area contributed by atoms with Gasteiger partial charge in [-0.1, -0.05) is 25.1 Å². The highest BCUT2D eigenvalue weighted by Gasteiger charge is 2.92. The number of esters is 3. The van der Waals surface area contributed by atoms with E-state index in [0.717, 1.165) is 0 Å². The minimum atomic E-state index is -1.86. The molecule has 0 amide bonds. The number of rotatable bonds is 10. The van der Waals surface area contributed by atoms with Crippen LogP contribution in [0.25, 0.3) is 0 Å². The molecule has 0 aromatic heterocycles. The number of benzene rings is 1. The van der Waals surface area contributed by atoms with E-state index < -0.39 is 100 Å². The molecular weight excluding hydrogens is 638 g/mol. The van der Waals surface area contributed by atoms with Crippen molar-refractivity contribution in [1.29, 1.82) is 0 Å². The fourth-order valence-corrected chi connectivity index (χ4v) is 12.7. The number of hydrogen-bond donors (Lipinski definition) is 2. The summed E-state index contributed by atoms with van der Waals surface area (Å²) in [5.41, 5.74) is -4.92. The van der Waals surface area contributed by atoms with E-state index in [1.807, 2.05) is 6.92 Å². The van der Waals surface area contributed by atoms with Gasteiger partial charge in [0, 0.05) is 89.9 Å². The summed E-state index contributed by atoms with van der Waals surface area (Å²) in [5, 5.41) is 25.5.